The van der Waals surface area contributed by atoms with Crippen LogP contribution in [0.3, 0.4) is 0 Å². The largest absolute Gasteiger partial charge is 0.874 e. The SMILES string of the molecule is CN1C(/C=C/c2ccc(/C=N/N(c3ccccc3)c3ccccc3)n2C)C=CC1C1C(=O)C(c2ccc(/C=C/c3ccc(/C=N/N(c4ccccc4)c4ccccc4)n3C)n2C)=C1[O-]. The van der Waals surface area contributed by atoms with E-state index in [0.717, 1.165) is 51.2 Å². The van der Waals surface area contributed by atoms with Crippen LogP contribution in [0.2, 0.25) is 0 Å². The summed E-state index contributed by atoms with van der Waals surface area (Å²) >= 11 is 0. The average Bonchev–Trinajstić information content (AvgIpc) is 4.09. The molecular formula is C54H49N8O2-. The number of para-hydroxylation sites is 4. The monoisotopic (exact) mass is 841 g/mol. The van der Waals surface area contributed by atoms with Gasteiger partial charge in [0.2, 0.25) is 0 Å². The summed E-state index contributed by atoms with van der Waals surface area (Å²) in [6.45, 7) is 0. The van der Waals surface area contributed by atoms with Crippen molar-refractivity contribution < 1.29 is 9.90 Å². The van der Waals surface area contributed by atoms with E-state index in [1.165, 1.54) is 0 Å². The van der Waals surface area contributed by atoms with Crippen LogP contribution >= 0.6 is 0 Å². The topological polar surface area (TPSA) is 89.4 Å². The summed E-state index contributed by atoms with van der Waals surface area (Å²) in [5.74, 6) is -0.974. The fourth-order valence-corrected chi connectivity index (χ4v) is 8.35. The molecule has 0 saturated heterocycles. The molecule has 3 atom stereocenters. The molecule has 3 aromatic heterocycles. The summed E-state index contributed by atoms with van der Waals surface area (Å²) in [4.78, 5) is 15.9. The van der Waals surface area contributed by atoms with Crippen LogP contribution in [0.5, 0.6) is 0 Å². The van der Waals surface area contributed by atoms with Crippen LogP contribution in [-0.2, 0) is 25.9 Å². The predicted molar refractivity (Wildman–Crippen MR) is 259 cm³/mol. The Morgan fingerprint density at radius 2 is 0.906 bits per heavy atom. The van der Waals surface area contributed by atoms with Crippen LogP contribution in [0.15, 0.2) is 192 Å². The van der Waals surface area contributed by atoms with E-state index in [0.29, 0.717) is 5.69 Å². The Morgan fingerprint density at radius 1 is 0.500 bits per heavy atom. The maximum atomic E-state index is 13.8. The maximum Gasteiger partial charge on any atom is 0.172 e. The van der Waals surface area contributed by atoms with Crippen molar-refractivity contribution in [2.45, 2.75) is 12.1 Å². The zero-order chi connectivity index (χ0) is 44.2. The number of likely N-dealkylation sites (N-methyl/N-ethyl adjacent to an activating group) is 1. The fourth-order valence-electron chi connectivity index (χ4n) is 8.35. The number of allylic oxidation sites excluding steroid dienone is 1. The van der Waals surface area contributed by atoms with Gasteiger partial charge in [0.05, 0.1) is 58.2 Å². The molecule has 318 valence electrons. The molecule has 10 nitrogen and oxygen atoms in total. The summed E-state index contributed by atoms with van der Waals surface area (Å²) in [7, 11) is 7.89. The van der Waals surface area contributed by atoms with Gasteiger partial charge in [0.25, 0.3) is 0 Å². The Bertz CT molecular complexity index is 2860. The van der Waals surface area contributed by atoms with Crippen molar-refractivity contribution in [1.82, 2.24) is 18.6 Å². The lowest BCUT2D eigenvalue weighted by molar-refractivity contribution is -0.316. The third kappa shape index (κ3) is 8.22. The minimum Gasteiger partial charge on any atom is -0.874 e. The van der Waals surface area contributed by atoms with E-state index in [1.54, 1.807) is 0 Å². The molecular weight excluding hydrogens is 793 g/mol. The van der Waals surface area contributed by atoms with E-state index in [-0.39, 0.29) is 29.2 Å². The number of aromatic nitrogens is 3. The van der Waals surface area contributed by atoms with Crippen molar-refractivity contribution in [3.8, 4) is 0 Å². The summed E-state index contributed by atoms with van der Waals surface area (Å²) in [6, 6.07) is 51.9. The van der Waals surface area contributed by atoms with Crippen molar-refractivity contribution in [3.63, 3.8) is 0 Å². The molecule has 4 aromatic carbocycles. The Balaban J connectivity index is 0.848. The van der Waals surface area contributed by atoms with Gasteiger partial charge in [0.15, 0.2) is 5.78 Å². The van der Waals surface area contributed by atoms with Gasteiger partial charge in [-0.25, -0.2) is 10.0 Å². The third-order valence-corrected chi connectivity index (χ3v) is 12.2. The van der Waals surface area contributed by atoms with E-state index >= 15 is 0 Å². The Morgan fingerprint density at radius 3 is 1.36 bits per heavy atom. The number of carbonyl (C=O) groups excluding carboxylic acids is 1. The Hall–Kier alpha value is -7.95. The molecule has 4 heterocycles. The van der Waals surface area contributed by atoms with E-state index in [1.807, 2.05) is 225 Å². The standard InChI is InChI=1S/C54H50N8O2/c1-57-39(29-31-47(57)37-55-61(43-17-9-5-10-18-43)44-19-11-6-12-20-44)25-27-41-33-35-49(59(41)3)51-53(63)52(54(51)64)50-36-34-42(60(50)4)28-26-40-30-32-48(58(40)2)38-56-62(45-21-13-7-14-22-45)46-23-15-8-16-24-46/h5-38,41,49,51,63H,1-4H3/p-1/b27-25+,28-26+,55-37+,56-38+. The van der Waals surface area contributed by atoms with Gasteiger partial charge in [-0.2, -0.15) is 10.2 Å². The molecule has 1 aliphatic carbocycles. The van der Waals surface area contributed by atoms with Crippen LogP contribution < -0.4 is 15.1 Å². The van der Waals surface area contributed by atoms with Crippen molar-refractivity contribution in [2.75, 3.05) is 17.1 Å². The highest BCUT2D eigenvalue weighted by Gasteiger charge is 2.43. The molecule has 0 spiro atoms. The number of benzene rings is 4. The number of rotatable bonds is 14. The zero-order valence-corrected chi connectivity index (χ0v) is 36.3. The highest BCUT2D eigenvalue weighted by molar-refractivity contribution is 6.29. The molecule has 1 aliphatic heterocycles. The lowest BCUT2D eigenvalue weighted by atomic mass is 9.76. The second-order valence-corrected chi connectivity index (χ2v) is 15.9. The lowest BCUT2D eigenvalue weighted by Crippen LogP contribution is -2.49. The van der Waals surface area contributed by atoms with Gasteiger partial charge >= 0.3 is 0 Å². The summed E-state index contributed by atoms with van der Waals surface area (Å²) in [6.07, 6.45) is 16.0. The molecule has 9 rings (SSSR count). The minimum absolute atomic E-state index is 0.0731. The molecule has 0 N–H and O–H groups in total. The molecule has 2 aliphatic rings. The third-order valence-electron chi connectivity index (χ3n) is 12.2. The highest BCUT2D eigenvalue weighted by Crippen LogP contribution is 2.41. The average molecular weight is 842 g/mol. The van der Waals surface area contributed by atoms with Crippen LogP contribution in [0.1, 0.15) is 34.2 Å². The van der Waals surface area contributed by atoms with Crippen molar-refractivity contribution >= 4 is 64.8 Å². The predicted octanol–water partition coefficient (Wildman–Crippen LogP) is 9.44. The first-order valence-corrected chi connectivity index (χ1v) is 21.3. The van der Waals surface area contributed by atoms with Gasteiger partial charge in [0.1, 0.15) is 0 Å². The van der Waals surface area contributed by atoms with Gasteiger partial charge < -0.3 is 18.8 Å². The highest BCUT2D eigenvalue weighted by atomic mass is 16.3. The number of ketones is 1. The first-order valence-electron chi connectivity index (χ1n) is 21.3. The van der Waals surface area contributed by atoms with Gasteiger partial charge in [-0.3, -0.25) is 9.69 Å². The van der Waals surface area contributed by atoms with Gasteiger partial charge in [-0.15, -0.1) is 5.76 Å². The van der Waals surface area contributed by atoms with Gasteiger partial charge in [-0.05, 0) is 110 Å². The minimum atomic E-state index is -0.735. The first kappa shape index (κ1) is 41.4. The summed E-state index contributed by atoms with van der Waals surface area (Å²) in [5.41, 5.74) is 9.51. The fraction of sp³-hybridized carbons (Fsp3) is 0.130. The maximum absolute atomic E-state index is 13.8. The number of hydrazone groups is 2. The lowest BCUT2D eigenvalue weighted by Gasteiger charge is -2.42. The number of nitrogens with zero attached hydrogens (tertiary/aromatic N) is 8. The van der Waals surface area contributed by atoms with Gasteiger partial charge in [0, 0.05) is 55.9 Å². The smallest absolute Gasteiger partial charge is 0.172 e. The molecule has 10 heteroatoms. The molecule has 0 fully saturated rings. The van der Waals surface area contributed by atoms with Gasteiger partial charge in [-0.1, -0.05) is 91.0 Å². The molecule has 0 radical (unpaired) electrons. The number of carbonyl (C=O) groups is 1. The first-order chi connectivity index (χ1) is 31.3. The van der Waals surface area contributed by atoms with Crippen LogP contribution in [0.4, 0.5) is 22.7 Å². The normalized spacial score (nSPS) is 17.8. The Kier molecular flexibility index (Phi) is 11.8. The second kappa shape index (κ2) is 18.2. The molecule has 7 aromatic rings. The Labute approximate surface area is 374 Å². The molecule has 64 heavy (non-hydrogen) atoms. The van der Waals surface area contributed by atoms with Crippen LogP contribution in [-0.4, -0.2) is 55.9 Å². The number of hydrogen-bond donors (Lipinski definition) is 0. The van der Waals surface area contributed by atoms with E-state index in [9.17, 15) is 9.90 Å². The van der Waals surface area contributed by atoms with Crippen molar-refractivity contribution in [1.29, 1.82) is 0 Å². The number of hydrogen-bond acceptors (Lipinski definition) is 7. The van der Waals surface area contributed by atoms with Crippen LogP contribution in [0, 0.1) is 5.92 Å². The number of anilines is 4. The second-order valence-electron chi connectivity index (χ2n) is 15.9. The summed E-state index contributed by atoms with van der Waals surface area (Å²) in [5, 5.41) is 27.4. The molecule has 0 bridgehead atoms. The van der Waals surface area contributed by atoms with E-state index in [4.69, 9.17) is 10.2 Å². The number of Topliss-reactive ketones (excluding diaryl/α,β-unsaturated/α-hetero) is 1. The quantitative estimate of drug-likeness (QED) is 0.0619. The molecule has 0 amide bonds. The zero-order valence-electron chi connectivity index (χ0n) is 36.3. The van der Waals surface area contributed by atoms with E-state index in [2.05, 4.69) is 38.3 Å². The van der Waals surface area contributed by atoms with Crippen molar-refractivity contribution in [3.05, 3.63) is 216 Å². The van der Waals surface area contributed by atoms with Crippen molar-refractivity contribution in [2.24, 2.45) is 37.3 Å². The molecule has 3 unspecified atom stereocenters. The summed E-state index contributed by atoms with van der Waals surface area (Å²) < 4.78 is 6.08. The van der Waals surface area contributed by atoms with E-state index < -0.39 is 5.92 Å². The molecule has 0 saturated carbocycles. The van der Waals surface area contributed by atoms with Crippen LogP contribution in [0.25, 0.3) is 23.8 Å².